The normalized spacial score (nSPS) is 31.3. The summed E-state index contributed by atoms with van der Waals surface area (Å²) in [4.78, 5) is 8.78. The van der Waals surface area contributed by atoms with Gasteiger partial charge in [-0.05, 0) is 40.2 Å². The SMILES string of the molecule is CNC1CCCc2nc(N3CC(C)OCC3C)sc21. The lowest BCUT2D eigenvalue weighted by molar-refractivity contribution is 0.0343. The van der Waals surface area contributed by atoms with Crippen LogP contribution in [0.4, 0.5) is 5.13 Å². The van der Waals surface area contributed by atoms with Gasteiger partial charge in [0, 0.05) is 17.5 Å². The van der Waals surface area contributed by atoms with Crippen LogP contribution in [0.3, 0.4) is 0 Å². The van der Waals surface area contributed by atoms with Gasteiger partial charge in [-0.15, -0.1) is 0 Å². The van der Waals surface area contributed by atoms with Gasteiger partial charge < -0.3 is 15.0 Å². The Bertz CT molecular complexity index is 448. The van der Waals surface area contributed by atoms with Crippen molar-refractivity contribution in [1.29, 1.82) is 0 Å². The standard InChI is InChI=1S/C14H23N3OS/c1-9-8-18-10(2)7-17(9)14-16-12-6-4-5-11(15-3)13(12)19-14/h9-11,15H,4-8H2,1-3H3. The minimum atomic E-state index is 0.303. The summed E-state index contributed by atoms with van der Waals surface area (Å²) in [5.41, 5.74) is 1.32. The molecule has 3 atom stereocenters. The quantitative estimate of drug-likeness (QED) is 0.903. The predicted molar refractivity (Wildman–Crippen MR) is 79.1 cm³/mol. The molecule has 106 valence electrons. The zero-order valence-electron chi connectivity index (χ0n) is 12.0. The molecular formula is C14H23N3OS. The number of anilines is 1. The monoisotopic (exact) mass is 281 g/mol. The largest absolute Gasteiger partial charge is 0.375 e. The van der Waals surface area contributed by atoms with Crippen molar-refractivity contribution in [3.8, 4) is 0 Å². The first-order valence-corrected chi connectivity index (χ1v) is 8.05. The Balaban J connectivity index is 1.87. The molecule has 1 aromatic rings. The molecule has 1 fully saturated rings. The fourth-order valence-corrected chi connectivity index (χ4v) is 4.34. The Labute approximate surface area is 119 Å². The summed E-state index contributed by atoms with van der Waals surface area (Å²) in [7, 11) is 2.05. The van der Waals surface area contributed by atoms with E-state index in [0.29, 0.717) is 18.2 Å². The first kappa shape index (κ1) is 13.3. The lowest BCUT2D eigenvalue weighted by Crippen LogP contribution is -2.47. The predicted octanol–water partition coefficient (Wildman–Crippen LogP) is 2.35. The highest BCUT2D eigenvalue weighted by molar-refractivity contribution is 7.15. The number of hydrogen-bond donors (Lipinski definition) is 1. The molecule has 0 radical (unpaired) electrons. The van der Waals surface area contributed by atoms with Crippen LogP contribution < -0.4 is 10.2 Å². The van der Waals surface area contributed by atoms with E-state index in [1.54, 1.807) is 0 Å². The molecule has 0 amide bonds. The molecule has 0 spiro atoms. The highest BCUT2D eigenvalue weighted by Gasteiger charge is 2.29. The molecule has 0 bridgehead atoms. The molecule has 1 aliphatic heterocycles. The minimum Gasteiger partial charge on any atom is -0.375 e. The van der Waals surface area contributed by atoms with Crippen molar-refractivity contribution in [2.24, 2.45) is 0 Å². The smallest absolute Gasteiger partial charge is 0.186 e. The van der Waals surface area contributed by atoms with Gasteiger partial charge in [0.1, 0.15) is 0 Å². The van der Waals surface area contributed by atoms with Gasteiger partial charge in [0.05, 0.1) is 24.4 Å². The number of aromatic nitrogens is 1. The zero-order valence-corrected chi connectivity index (χ0v) is 12.8. The van der Waals surface area contributed by atoms with Gasteiger partial charge in [0.25, 0.3) is 0 Å². The van der Waals surface area contributed by atoms with Crippen molar-refractivity contribution < 1.29 is 4.74 Å². The van der Waals surface area contributed by atoms with E-state index in [1.807, 2.05) is 11.3 Å². The van der Waals surface area contributed by atoms with E-state index in [1.165, 1.54) is 28.5 Å². The Hall–Kier alpha value is -0.650. The lowest BCUT2D eigenvalue weighted by atomic mass is 9.98. The zero-order chi connectivity index (χ0) is 13.4. The van der Waals surface area contributed by atoms with Crippen LogP contribution >= 0.6 is 11.3 Å². The molecule has 4 nitrogen and oxygen atoms in total. The molecule has 19 heavy (non-hydrogen) atoms. The molecule has 0 aromatic carbocycles. The van der Waals surface area contributed by atoms with E-state index in [0.717, 1.165) is 19.6 Å². The summed E-state index contributed by atoms with van der Waals surface area (Å²) in [6.45, 7) is 6.13. The summed E-state index contributed by atoms with van der Waals surface area (Å²) in [5.74, 6) is 0. The summed E-state index contributed by atoms with van der Waals surface area (Å²) >= 11 is 1.88. The topological polar surface area (TPSA) is 37.4 Å². The van der Waals surface area contributed by atoms with Crippen LogP contribution in [0, 0.1) is 0 Å². The maximum absolute atomic E-state index is 5.71. The number of nitrogens with zero attached hydrogens (tertiary/aromatic N) is 2. The van der Waals surface area contributed by atoms with Crippen LogP contribution in [0.2, 0.25) is 0 Å². The van der Waals surface area contributed by atoms with Crippen molar-refractivity contribution in [2.45, 2.75) is 51.3 Å². The van der Waals surface area contributed by atoms with E-state index in [9.17, 15) is 0 Å². The Morgan fingerprint density at radius 3 is 3.05 bits per heavy atom. The summed E-state index contributed by atoms with van der Waals surface area (Å²) < 4.78 is 5.71. The first-order chi connectivity index (χ1) is 9.19. The van der Waals surface area contributed by atoms with Crippen molar-refractivity contribution in [1.82, 2.24) is 10.3 Å². The van der Waals surface area contributed by atoms with Crippen molar-refractivity contribution in [3.63, 3.8) is 0 Å². The first-order valence-electron chi connectivity index (χ1n) is 7.24. The molecular weight excluding hydrogens is 258 g/mol. The number of nitrogens with one attached hydrogen (secondary N) is 1. The third-order valence-electron chi connectivity index (χ3n) is 4.14. The number of fused-ring (bicyclic) bond motifs is 1. The number of thiazole rings is 1. The third kappa shape index (κ3) is 2.51. The second kappa shape index (κ2) is 5.38. The fourth-order valence-electron chi connectivity index (χ4n) is 2.97. The van der Waals surface area contributed by atoms with Crippen LogP contribution in [-0.2, 0) is 11.2 Å². The lowest BCUT2D eigenvalue weighted by Gasteiger charge is -2.36. The number of rotatable bonds is 2. The molecule has 0 saturated carbocycles. The Kier molecular flexibility index (Phi) is 3.78. The molecule has 1 saturated heterocycles. The summed E-state index contributed by atoms with van der Waals surface area (Å²) in [6.07, 6.45) is 3.92. The van der Waals surface area contributed by atoms with Gasteiger partial charge in [-0.1, -0.05) is 11.3 Å². The van der Waals surface area contributed by atoms with Gasteiger partial charge in [-0.25, -0.2) is 4.98 Å². The molecule has 5 heteroatoms. The highest BCUT2D eigenvalue weighted by atomic mass is 32.1. The number of ether oxygens (including phenoxy) is 1. The van der Waals surface area contributed by atoms with E-state index < -0.39 is 0 Å². The Morgan fingerprint density at radius 2 is 2.26 bits per heavy atom. The van der Waals surface area contributed by atoms with Crippen LogP contribution in [0.15, 0.2) is 0 Å². The van der Waals surface area contributed by atoms with Gasteiger partial charge in [0.15, 0.2) is 5.13 Å². The summed E-state index contributed by atoms with van der Waals surface area (Å²) in [5, 5.41) is 4.61. The second-order valence-electron chi connectivity index (χ2n) is 5.69. The van der Waals surface area contributed by atoms with Crippen LogP contribution in [-0.4, -0.2) is 37.3 Å². The maximum atomic E-state index is 5.71. The van der Waals surface area contributed by atoms with E-state index in [-0.39, 0.29) is 0 Å². The Morgan fingerprint density at radius 1 is 1.42 bits per heavy atom. The van der Waals surface area contributed by atoms with E-state index >= 15 is 0 Å². The van der Waals surface area contributed by atoms with E-state index in [4.69, 9.17) is 9.72 Å². The third-order valence-corrected chi connectivity index (χ3v) is 5.39. The van der Waals surface area contributed by atoms with E-state index in [2.05, 4.69) is 31.1 Å². The molecule has 3 unspecified atom stereocenters. The molecule has 3 rings (SSSR count). The molecule has 1 aromatic heterocycles. The average Bonchev–Trinajstić information content (AvgIpc) is 2.85. The van der Waals surface area contributed by atoms with Crippen LogP contribution in [0.5, 0.6) is 0 Å². The van der Waals surface area contributed by atoms with Gasteiger partial charge >= 0.3 is 0 Å². The van der Waals surface area contributed by atoms with Crippen molar-refractivity contribution in [3.05, 3.63) is 10.6 Å². The molecule has 1 aliphatic carbocycles. The van der Waals surface area contributed by atoms with Crippen LogP contribution in [0.1, 0.15) is 43.3 Å². The number of hydrogen-bond acceptors (Lipinski definition) is 5. The molecule has 2 aliphatic rings. The second-order valence-corrected chi connectivity index (χ2v) is 6.70. The van der Waals surface area contributed by atoms with Crippen LogP contribution in [0.25, 0.3) is 0 Å². The molecule has 1 N–H and O–H groups in total. The number of aryl methyl sites for hydroxylation is 1. The molecule has 2 heterocycles. The average molecular weight is 281 g/mol. The maximum Gasteiger partial charge on any atom is 0.186 e. The summed E-state index contributed by atoms with van der Waals surface area (Å²) in [6, 6.07) is 0.931. The highest BCUT2D eigenvalue weighted by Crippen LogP contribution is 2.38. The van der Waals surface area contributed by atoms with Crippen molar-refractivity contribution in [2.75, 3.05) is 25.1 Å². The van der Waals surface area contributed by atoms with Gasteiger partial charge in [-0.3, -0.25) is 0 Å². The minimum absolute atomic E-state index is 0.303. The van der Waals surface area contributed by atoms with Crippen molar-refractivity contribution >= 4 is 16.5 Å². The van der Waals surface area contributed by atoms with Gasteiger partial charge in [-0.2, -0.15) is 0 Å². The fraction of sp³-hybridized carbons (Fsp3) is 0.786. The number of morpholine rings is 1. The van der Waals surface area contributed by atoms with Gasteiger partial charge in [0.2, 0.25) is 0 Å².